The van der Waals surface area contributed by atoms with Crippen molar-refractivity contribution in [2.45, 2.75) is 19.8 Å². The van der Waals surface area contributed by atoms with E-state index >= 15 is 0 Å². The van der Waals surface area contributed by atoms with Crippen molar-refractivity contribution < 1.29 is 9.84 Å². The van der Waals surface area contributed by atoms with Gasteiger partial charge in [0.2, 0.25) is 0 Å². The normalized spacial score (nSPS) is 14.1. The fourth-order valence-corrected chi connectivity index (χ4v) is 1.63. The van der Waals surface area contributed by atoms with Crippen molar-refractivity contribution in [1.29, 1.82) is 0 Å². The molecule has 0 amide bonds. The second kappa shape index (κ2) is 2.70. The summed E-state index contributed by atoms with van der Waals surface area (Å²) in [7, 11) is 0. The second-order valence-electron chi connectivity index (χ2n) is 3.05. The Morgan fingerprint density at radius 1 is 1.50 bits per heavy atom. The largest absolute Gasteiger partial charge is 0.508 e. The molecule has 2 heteroatoms. The monoisotopic (exact) mass is 164 g/mol. The zero-order chi connectivity index (χ0) is 8.55. The van der Waals surface area contributed by atoms with Gasteiger partial charge in [-0.2, -0.15) is 0 Å². The van der Waals surface area contributed by atoms with E-state index in [1.54, 1.807) is 12.1 Å². The number of rotatable bonds is 1. The van der Waals surface area contributed by atoms with Crippen molar-refractivity contribution in [2.24, 2.45) is 0 Å². The number of aryl methyl sites for hydroxylation is 1. The fourth-order valence-electron chi connectivity index (χ4n) is 1.63. The van der Waals surface area contributed by atoms with Crippen molar-refractivity contribution in [3.63, 3.8) is 0 Å². The molecule has 0 saturated heterocycles. The second-order valence-corrected chi connectivity index (χ2v) is 3.05. The summed E-state index contributed by atoms with van der Waals surface area (Å²) in [6.45, 7) is 2.82. The number of benzene rings is 1. The fraction of sp³-hybridized carbons (Fsp3) is 0.400. The Balaban J connectivity index is 2.55. The highest BCUT2D eigenvalue weighted by Crippen LogP contribution is 2.33. The van der Waals surface area contributed by atoms with Gasteiger partial charge < -0.3 is 9.84 Å². The van der Waals surface area contributed by atoms with Crippen LogP contribution in [0.5, 0.6) is 11.5 Å². The summed E-state index contributed by atoms with van der Waals surface area (Å²) >= 11 is 0. The third kappa shape index (κ3) is 1.04. The maximum atomic E-state index is 9.35. The summed E-state index contributed by atoms with van der Waals surface area (Å²) in [6.07, 6.45) is 1.84. The lowest BCUT2D eigenvalue weighted by Gasteiger charge is -2.05. The molecule has 1 aliphatic rings. The molecule has 1 N–H and O–H groups in total. The Morgan fingerprint density at radius 2 is 2.33 bits per heavy atom. The quantitative estimate of drug-likeness (QED) is 0.686. The summed E-state index contributed by atoms with van der Waals surface area (Å²) in [4.78, 5) is 0. The van der Waals surface area contributed by atoms with Crippen LogP contribution in [-0.4, -0.2) is 11.7 Å². The Bertz CT molecular complexity index is 305. The predicted molar refractivity (Wildman–Crippen MR) is 46.7 cm³/mol. The molecule has 1 aromatic rings. The Labute approximate surface area is 71.8 Å². The zero-order valence-corrected chi connectivity index (χ0v) is 7.13. The Hall–Kier alpha value is -1.18. The molecule has 0 unspecified atom stereocenters. The van der Waals surface area contributed by atoms with Crippen LogP contribution in [0.15, 0.2) is 12.1 Å². The van der Waals surface area contributed by atoms with Crippen LogP contribution >= 0.6 is 0 Å². The van der Waals surface area contributed by atoms with E-state index in [0.717, 1.165) is 36.3 Å². The average molecular weight is 164 g/mol. The number of phenols is 1. The maximum Gasteiger partial charge on any atom is 0.126 e. The van der Waals surface area contributed by atoms with Crippen LogP contribution < -0.4 is 4.74 Å². The molecule has 0 radical (unpaired) electrons. The number of fused-ring (bicyclic) bond motifs is 1. The van der Waals surface area contributed by atoms with E-state index in [1.165, 1.54) is 0 Å². The first-order valence-corrected chi connectivity index (χ1v) is 4.29. The lowest BCUT2D eigenvalue weighted by atomic mass is 10.1. The van der Waals surface area contributed by atoms with Gasteiger partial charge in [0.15, 0.2) is 0 Å². The molecule has 0 saturated carbocycles. The number of ether oxygens (including phenoxy) is 1. The summed E-state index contributed by atoms with van der Waals surface area (Å²) in [5.41, 5.74) is 2.26. The van der Waals surface area contributed by atoms with Gasteiger partial charge in [-0.15, -0.1) is 0 Å². The van der Waals surface area contributed by atoms with E-state index in [2.05, 4.69) is 6.92 Å². The minimum Gasteiger partial charge on any atom is -0.508 e. The lowest BCUT2D eigenvalue weighted by Crippen LogP contribution is -1.90. The summed E-state index contributed by atoms with van der Waals surface area (Å²) < 4.78 is 5.46. The summed E-state index contributed by atoms with van der Waals surface area (Å²) in [5, 5.41) is 9.35. The maximum absolute atomic E-state index is 9.35. The molecule has 0 spiro atoms. The van der Waals surface area contributed by atoms with E-state index in [0.29, 0.717) is 5.75 Å². The molecule has 0 aliphatic carbocycles. The molecule has 0 aromatic heterocycles. The molecule has 1 aliphatic heterocycles. The van der Waals surface area contributed by atoms with E-state index in [-0.39, 0.29) is 0 Å². The van der Waals surface area contributed by atoms with Crippen LogP contribution in [0.25, 0.3) is 0 Å². The van der Waals surface area contributed by atoms with E-state index in [9.17, 15) is 5.11 Å². The number of aromatic hydroxyl groups is 1. The van der Waals surface area contributed by atoms with Gasteiger partial charge in [0, 0.05) is 12.0 Å². The van der Waals surface area contributed by atoms with Gasteiger partial charge >= 0.3 is 0 Å². The van der Waals surface area contributed by atoms with Crippen LogP contribution in [0.1, 0.15) is 18.1 Å². The molecule has 0 atom stereocenters. The minimum atomic E-state index is 0.358. The van der Waals surface area contributed by atoms with E-state index in [4.69, 9.17) is 4.74 Å². The van der Waals surface area contributed by atoms with Crippen molar-refractivity contribution in [3.05, 3.63) is 23.3 Å². The Kier molecular flexibility index (Phi) is 1.68. The molecular weight excluding hydrogens is 152 g/mol. The molecule has 2 nitrogen and oxygen atoms in total. The van der Waals surface area contributed by atoms with Crippen LogP contribution in [0.3, 0.4) is 0 Å². The molecule has 0 bridgehead atoms. The van der Waals surface area contributed by atoms with Crippen LogP contribution in [-0.2, 0) is 12.8 Å². The standard InChI is InChI=1S/C10H12O2/c1-2-7-5-9(11)6-8-3-4-12-10(7)8/h5-6,11H,2-4H2,1H3. The molecule has 1 aromatic carbocycles. The first kappa shape index (κ1) is 7.47. The molecule has 2 rings (SSSR count). The number of hydrogen-bond acceptors (Lipinski definition) is 2. The van der Waals surface area contributed by atoms with Gasteiger partial charge in [0.1, 0.15) is 11.5 Å². The van der Waals surface area contributed by atoms with Crippen LogP contribution in [0.4, 0.5) is 0 Å². The van der Waals surface area contributed by atoms with Gasteiger partial charge in [-0.25, -0.2) is 0 Å². The summed E-state index contributed by atoms with van der Waals surface area (Å²) in [6, 6.07) is 3.58. The zero-order valence-electron chi connectivity index (χ0n) is 7.13. The highest BCUT2D eigenvalue weighted by Gasteiger charge is 2.16. The van der Waals surface area contributed by atoms with Crippen molar-refractivity contribution in [3.8, 4) is 11.5 Å². The average Bonchev–Trinajstić information content (AvgIpc) is 2.50. The van der Waals surface area contributed by atoms with Gasteiger partial charge in [0.05, 0.1) is 6.61 Å². The lowest BCUT2D eigenvalue weighted by molar-refractivity contribution is 0.353. The van der Waals surface area contributed by atoms with Crippen LogP contribution in [0, 0.1) is 0 Å². The smallest absolute Gasteiger partial charge is 0.126 e. The van der Waals surface area contributed by atoms with Crippen molar-refractivity contribution in [1.82, 2.24) is 0 Å². The molecule has 0 fully saturated rings. The summed E-state index contributed by atoms with van der Waals surface area (Å²) in [5.74, 6) is 1.35. The number of hydrogen-bond donors (Lipinski definition) is 1. The van der Waals surface area contributed by atoms with E-state index < -0.39 is 0 Å². The van der Waals surface area contributed by atoms with Crippen LogP contribution in [0.2, 0.25) is 0 Å². The Morgan fingerprint density at radius 3 is 3.08 bits per heavy atom. The third-order valence-corrected chi connectivity index (χ3v) is 2.23. The van der Waals surface area contributed by atoms with Gasteiger partial charge in [-0.3, -0.25) is 0 Å². The van der Waals surface area contributed by atoms with Gasteiger partial charge in [-0.05, 0) is 24.1 Å². The first-order chi connectivity index (χ1) is 5.81. The molecular formula is C10H12O2. The topological polar surface area (TPSA) is 29.5 Å². The minimum absolute atomic E-state index is 0.358. The SMILES string of the molecule is CCc1cc(O)cc2c1OCC2. The molecule has 1 heterocycles. The van der Waals surface area contributed by atoms with Gasteiger partial charge in [0.25, 0.3) is 0 Å². The number of phenolic OH excluding ortho intramolecular Hbond substituents is 1. The highest BCUT2D eigenvalue weighted by atomic mass is 16.5. The van der Waals surface area contributed by atoms with E-state index in [1.807, 2.05) is 0 Å². The third-order valence-electron chi connectivity index (χ3n) is 2.23. The van der Waals surface area contributed by atoms with Crippen molar-refractivity contribution in [2.75, 3.05) is 6.61 Å². The predicted octanol–water partition coefficient (Wildman–Crippen LogP) is 1.89. The first-order valence-electron chi connectivity index (χ1n) is 4.29. The van der Waals surface area contributed by atoms with Gasteiger partial charge in [-0.1, -0.05) is 6.92 Å². The van der Waals surface area contributed by atoms with Crippen molar-refractivity contribution >= 4 is 0 Å². The molecule has 64 valence electrons. The molecule has 12 heavy (non-hydrogen) atoms. The highest BCUT2D eigenvalue weighted by molar-refractivity contribution is 5.48.